The molecular formula is C35H39F2N5O3. The largest absolute Gasteiger partial charge is 0.493 e. The molecule has 1 aromatic heterocycles. The number of nitrogens with one attached hydrogen (secondary N) is 1. The summed E-state index contributed by atoms with van der Waals surface area (Å²) in [6, 6.07) is 15.9. The van der Waals surface area contributed by atoms with Gasteiger partial charge in [-0.1, -0.05) is 24.6 Å². The van der Waals surface area contributed by atoms with E-state index in [2.05, 4.69) is 15.2 Å². The zero-order chi connectivity index (χ0) is 31.9. The van der Waals surface area contributed by atoms with Gasteiger partial charge >= 0.3 is 6.09 Å². The molecule has 5 rings (SSSR count). The monoisotopic (exact) mass is 615 g/mol. The van der Waals surface area contributed by atoms with Gasteiger partial charge in [-0.3, -0.25) is 4.90 Å². The highest BCUT2D eigenvalue weighted by Crippen LogP contribution is 2.30. The summed E-state index contributed by atoms with van der Waals surface area (Å²) in [4.78, 5) is 25.7. The molecule has 0 bridgehead atoms. The number of benzene rings is 3. The zero-order valence-corrected chi connectivity index (χ0v) is 26.2. The van der Waals surface area contributed by atoms with Crippen LogP contribution in [0.3, 0.4) is 0 Å². The Morgan fingerprint density at radius 1 is 0.933 bits per heavy atom. The normalized spacial score (nSPS) is 13.4. The van der Waals surface area contributed by atoms with Crippen LogP contribution in [0.15, 0.2) is 60.7 Å². The summed E-state index contributed by atoms with van der Waals surface area (Å²) in [6.45, 7) is 10.1. The number of carbonyl (C=O) groups excluding carboxylic acids is 1. The Hall–Kier alpha value is -4.57. The summed E-state index contributed by atoms with van der Waals surface area (Å²) < 4.78 is 39.3. The van der Waals surface area contributed by atoms with Crippen molar-refractivity contribution in [1.29, 1.82) is 0 Å². The summed E-state index contributed by atoms with van der Waals surface area (Å²) in [5.74, 6) is -0.721. The van der Waals surface area contributed by atoms with E-state index in [1.165, 1.54) is 26.3 Å². The fourth-order valence-corrected chi connectivity index (χ4v) is 5.35. The number of carbonyl (C=O) groups is 1. The molecule has 0 unspecified atom stereocenters. The molecule has 8 nitrogen and oxygen atoms in total. The van der Waals surface area contributed by atoms with Crippen LogP contribution in [-0.4, -0.2) is 54.2 Å². The second-order valence-corrected chi connectivity index (χ2v) is 11.4. The lowest BCUT2D eigenvalue weighted by Gasteiger charge is -2.26. The summed E-state index contributed by atoms with van der Waals surface area (Å²) in [5.41, 5.74) is 5.39. The van der Waals surface area contributed by atoms with Crippen molar-refractivity contribution in [3.8, 4) is 22.9 Å². The van der Waals surface area contributed by atoms with Crippen molar-refractivity contribution >= 4 is 23.4 Å². The van der Waals surface area contributed by atoms with E-state index >= 15 is 0 Å². The van der Waals surface area contributed by atoms with Crippen molar-refractivity contribution in [3.05, 3.63) is 89.0 Å². The van der Waals surface area contributed by atoms with E-state index in [0.717, 1.165) is 77.2 Å². The average molecular weight is 616 g/mol. The van der Waals surface area contributed by atoms with Gasteiger partial charge in [0.2, 0.25) is 11.8 Å². The highest BCUT2D eigenvalue weighted by atomic mass is 19.1. The average Bonchev–Trinajstić information content (AvgIpc) is 3.02. The lowest BCUT2D eigenvalue weighted by atomic mass is 9.97. The summed E-state index contributed by atoms with van der Waals surface area (Å²) >= 11 is 0. The van der Waals surface area contributed by atoms with Crippen LogP contribution >= 0.6 is 0 Å². The first-order chi connectivity index (χ1) is 21.7. The number of halogens is 2. The topological polar surface area (TPSA) is 79.8 Å². The Kier molecular flexibility index (Phi) is 10.2. The number of aromatic nitrogens is 2. The minimum absolute atomic E-state index is 0.00266. The number of nitrogens with zero attached hydrogens (tertiary/aromatic N) is 4. The van der Waals surface area contributed by atoms with Crippen molar-refractivity contribution < 1.29 is 23.0 Å². The third-order valence-electron chi connectivity index (χ3n) is 8.16. The fraction of sp³-hybridized carbons (Fsp3) is 0.343. The molecular weight excluding hydrogens is 576 g/mol. The van der Waals surface area contributed by atoms with Crippen molar-refractivity contribution in [1.82, 2.24) is 14.9 Å². The molecule has 1 aliphatic heterocycles. The van der Waals surface area contributed by atoms with Gasteiger partial charge in [0, 0.05) is 43.0 Å². The van der Waals surface area contributed by atoms with E-state index in [1.807, 2.05) is 57.2 Å². The minimum atomic E-state index is -0.868. The van der Waals surface area contributed by atoms with Gasteiger partial charge < -0.3 is 19.7 Å². The molecule has 1 saturated heterocycles. The minimum Gasteiger partial charge on any atom is -0.493 e. The first-order valence-electron chi connectivity index (χ1n) is 15.3. The van der Waals surface area contributed by atoms with Gasteiger partial charge in [0.25, 0.3) is 0 Å². The highest BCUT2D eigenvalue weighted by Gasteiger charge is 2.19. The summed E-state index contributed by atoms with van der Waals surface area (Å²) in [6.07, 6.45) is 3.94. The van der Waals surface area contributed by atoms with Gasteiger partial charge in [-0.05, 0) is 94.1 Å². The predicted octanol–water partition coefficient (Wildman–Crippen LogP) is 7.98. The number of aryl methyl sites for hydroxylation is 1. The third-order valence-corrected chi connectivity index (χ3v) is 8.16. The molecule has 0 radical (unpaired) electrons. The molecule has 0 atom stereocenters. The maximum atomic E-state index is 13.8. The lowest BCUT2D eigenvalue weighted by molar-refractivity contribution is 0.205. The van der Waals surface area contributed by atoms with Crippen molar-refractivity contribution in [3.63, 3.8) is 0 Å². The Balaban J connectivity index is 1.36. The van der Waals surface area contributed by atoms with Crippen LogP contribution in [0.25, 0.3) is 11.3 Å². The van der Waals surface area contributed by atoms with Crippen molar-refractivity contribution in [2.45, 2.75) is 46.5 Å². The van der Waals surface area contributed by atoms with Crippen LogP contribution in [0.1, 0.15) is 42.4 Å². The number of ether oxygens (including phenoxy) is 2. The molecule has 4 aromatic rings. The van der Waals surface area contributed by atoms with E-state index in [1.54, 1.807) is 6.07 Å². The Bertz CT molecular complexity index is 1640. The predicted molar refractivity (Wildman–Crippen MR) is 173 cm³/mol. The SMILES string of the molecule is Cc1ccc(-c2cc(OC(=O)N(C)c3cc(F)cc(F)c3)nc(Nc3cccc(OCCCN4CCCCC4)c3)n2)c(C)c1C. The van der Waals surface area contributed by atoms with Crippen LogP contribution in [0.2, 0.25) is 0 Å². The lowest BCUT2D eigenvalue weighted by Crippen LogP contribution is -2.31. The third kappa shape index (κ3) is 8.33. The molecule has 1 N–H and O–H groups in total. The number of hydrogen-bond donors (Lipinski definition) is 1. The fourth-order valence-electron chi connectivity index (χ4n) is 5.35. The van der Waals surface area contributed by atoms with Crippen LogP contribution in [-0.2, 0) is 0 Å². The van der Waals surface area contributed by atoms with Crippen LogP contribution in [0, 0.1) is 32.4 Å². The quantitative estimate of drug-likeness (QED) is 0.181. The molecule has 0 saturated carbocycles. The Labute approximate surface area is 263 Å². The summed E-state index contributed by atoms with van der Waals surface area (Å²) in [7, 11) is 1.36. The van der Waals surface area contributed by atoms with E-state index in [-0.39, 0.29) is 17.5 Å². The Morgan fingerprint density at radius 3 is 2.44 bits per heavy atom. The number of piperidine rings is 1. The second-order valence-electron chi connectivity index (χ2n) is 11.4. The number of likely N-dealkylation sites (tertiary alicyclic amines) is 1. The Morgan fingerprint density at radius 2 is 1.69 bits per heavy atom. The van der Waals surface area contributed by atoms with E-state index < -0.39 is 17.7 Å². The number of rotatable bonds is 10. The van der Waals surface area contributed by atoms with Crippen molar-refractivity contribution in [2.75, 3.05) is 43.5 Å². The maximum Gasteiger partial charge on any atom is 0.420 e. The van der Waals surface area contributed by atoms with Crippen molar-refractivity contribution in [2.24, 2.45) is 0 Å². The molecule has 45 heavy (non-hydrogen) atoms. The smallest absolute Gasteiger partial charge is 0.420 e. The van der Waals surface area contributed by atoms with Gasteiger partial charge in [-0.2, -0.15) is 4.98 Å². The highest BCUT2D eigenvalue weighted by molar-refractivity contribution is 5.88. The number of hydrogen-bond acceptors (Lipinski definition) is 7. The maximum absolute atomic E-state index is 13.8. The molecule has 1 amide bonds. The second kappa shape index (κ2) is 14.5. The van der Waals surface area contributed by atoms with Gasteiger partial charge in [0.15, 0.2) is 0 Å². The van der Waals surface area contributed by atoms with Crippen LogP contribution in [0.5, 0.6) is 11.6 Å². The van der Waals surface area contributed by atoms with E-state index in [9.17, 15) is 13.6 Å². The summed E-state index contributed by atoms with van der Waals surface area (Å²) in [5, 5.41) is 3.22. The molecule has 1 fully saturated rings. The molecule has 1 aliphatic rings. The molecule has 236 valence electrons. The molecule has 10 heteroatoms. The number of amides is 1. The van der Waals surface area contributed by atoms with Crippen LogP contribution in [0.4, 0.5) is 30.9 Å². The first kappa shape index (κ1) is 31.8. The first-order valence-corrected chi connectivity index (χ1v) is 15.3. The van der Waals surface area contributed by atoms with E-state index in [0.29, 0.717) is 18.0 Å². The van der Waals surface area contributed by atoms with Crippen LogP contribution < -0.4 is 19.7 Å². The van der Waals surface area contributed by atoms with E-state index in [4.69, 9.17) is 14.5 Å². The molecule has 2 heterocycles. The van der Waals surface area contributed by atoms with Gasteiger partial charge in [0.05, 0.1) is 18.0 Å². The number of anilines is 3. The van der Waals surface area contributed by atoms with Gasteiger partial charge in [0.1, 0.15) is 17.4 Å². The van der Waals surface area contributed by atoms with Gasteiger partial charge in [-0.25, -0.2) is 18.6 Å². The molecule has 0 aliphatic carbocycles. The zero-order valence-electron chi connectivity index (χ0n) is 26.2. The standard InChI is InChI=1S/C35H39F2N5O3/c1-23-12-13-31(25(3)24(23)2)32-22-33(45-35(43)41(4)29-19-26(36)18-27(37)20-29)40-34(39-32)38-28-10-8-11-30(21-28)44-17-9-16-42-14-6-5-7-15-42/h8,10-13,18-22H,5-7,9,14-17H2,1-4H3,(H,38,39,40). The van der Waals surface area contributed by atoms with Gasteiger partial charge in [-0.15, -0.1) is 0 Å². The molecule has 0 spiro atoms. The molecule has 3 aromatic carbocycles.